The fraction of sp³-hybridized carbons (Fsp3) is 0.529. The Bertz CT molecular complexity index is 619. The van der Waals surface area contributed by atoms with Crippen LogP contribution in [-0.4, -0.2) is 31.5 Å². The van der Waals surface area contributed by atoms with Crippen LogP contribution in [0.1, 0.15) is 33.3 Å². The van der Waals surface area contributed by atoms with E-state index in [0.717, 1.165) is 5.56 Å². The highest BCUT2D eigenvalue weighted by Crippen LogP contribution is 2.28. The third kappa shape index (κ3) is 5.97. The Morgan fingerprint density at radius 3 is 2.29 bits per heavy atom. The first-order valence-corrected chi connectivity index (χ1v) is 7.51. The van der Waals surface area contributed by atoms with Crippen LogP contribution in [0.3, 0.4) is 0 Å². The monoisotopic (exact) mass is 335 g/mol. The summed E-state index contributed by atoms with van der Waals surface area (Å²) in [6.45, 7) is 6.97. The van der Waals surface area contributed by atoms with Gasteiger partial charge in [-0.1, -0.05) is 6.07 Å². The lowest BCUT2D eigenvalue weighted by Gasteiger charge is -2.26. The van der Waals surface area contributed by atoms with Gasteiger partial charge in [0, 0.05) is 6.42 Å². The number of rotatable bonds is 6. The normalized spacial score (nSPS) is 13.4. The fourth-order valence-corrected chi connectivity index (χ4v) is 2.00. The summed E-state index contributed by atoms with van der Waals surface area (Å²) in [6, 6.07) is 7.56. The molecule has 132 valence electrons. The van der Waals surface area contributed by atoms with Gasteiger partial charge in [0.15, 0.2) is 11.5 Å². The summed E-state index contributed by atoms with van der Waals surface area (Å²) in [4.78, 5) is 11.7. The number of amides is 1. The zero-order valence-corrected chi connectivity index (χ0v) is 15.0. The second-order valence-corrected chi connectivity index (χ2v) is 6.56. The van der Waals surface area contributed by atoms with Crippen molar-refractivity contribution < 1.29 is 19.0 Å². The minimum Gasteiger partial charge on any atom is -0.493 e. The highest BCUT2D eigenvalue weighted by atomic mass is 16.6. The van der Waals surface area contributed by atoms with Crippen molar-refractivity contribution in [2.24, 2.45) is 0 Å². The molecule has 2 N–H and O–H groups in total. The Hall–Kier alpha value is -2.46. The minimum absolute atomic E-state index is 0.347. The summed E-state index contributed by atoms with van der Waals surface area (Å²) in [7, 11) is 3.11. The molecule has 7 nitrogen and oxygen atoms in total. The minimum atomic E-state index is -1.02. The molecule has 0 saturated carbocycles. The smallest absolute Gasteiger partial charge is 0.422 e. The van der Waals surface area contributed by atoms with E-state index in [1.165, 1.54) is 0 Å². The molecule has 1 rings (SSSR count). The van der Waals surface area contributed by atoms with Crippen LogP contribution in [0.15, 0.2) is 18.2 Å². The van der Waals surface area contributed by atoms with Gasteiger partial charge in [0.25, 0.3) is 0 Å². The largest absolute Gasteiger partial charge is 0.493 e. The van der Waals surface area contributed by atoms with Crippen LogP contribution >= 0.6 is 0 Å². The molecule has 0 spiro atoms. The molecule has 0 aromatic heterocycles. The number of carbonyl (C=O) groups is 1. The van der Waals surface area contributed by atoms with Gasteiger partial charge < -0.3 is 14.2 Å². The van der Waals surface area contributed by atoms with E-state index in [2.05, 4.69) is 16.9 Å². The van der Waals surface area contributed by atoms with Gasteiger partial charge in [-0.05, 0) is 45.4 Å². The van der Waals surface area contributed by atoms with Gasteiger partial charge in [-0.2, -0.15) is 5.26 Å². The van der Waals surface area contributed by atoms with Crippen LogP contribution < -0.4 is 20.3 Å². The van der Waals surface area contributed by atoms with Crippen molar-refractivity contribution in [1.82, 2.24) is 10.9 Å². The van der Waals surface area contributed by atoms with E-state index >= 15 is 0 Å². The maximum absolute atomic E-state index is 11.7. The van der Waals surface area contributed by atoms with Gasteiger partial charge in [0.05, 0.1) is 20.3 Å². The number of hydrogen-bond acceptors (Lipinski definition) is 6. The van der Waals surface area contributed by atoms with Gasteiger partial charge in [0.1, 0.15) is 11.1 Å². The first-order valence-electron chi connectivity index (χ1n) is 7.51. The molecule has 24 heavy (non-hydrogen) atoms. The molecule has 0 aliphatic heterocycles. The van der Waals surface area contributed by atoms with Gasteiger partial charge in [-0.25, -0.2) is 10.2 Å². The second kappa shape index (κ2) is 7.88. The predicted octanol–water partition coefficient (Wildman–Crippen LogP) is 2.56. The van der Waals surface area contributed by atoms with E-state index in [-0.39, 0.29) is 0 Å². The molecule has 1 atom stereocenters. The number of carbonyl (C=O) groups excluding carboxylic acids is 1. The van der Waals surface area contributed by atoms with Crippen LogP contribution in [0, 0.1) is 11.3 Å². The Morgan fingerprint density at radius 2 is 1.79 bits per heavy atom. The third-order valence-corrected chi connectivity index (χ3v) is 3.09. The van der Waals surface area contributed by atoms with Gasteiger partial charge in [0.2, 0.25) is 0 Å². The molecule has 0 unspecified atom stereocenters. The molecule has 0 fully saturated rings. The Balaban J connectivity index is 2.78. The molecule has 0 radical (unpaired) electrons. The molecular formula is C17H25N3O4. The van der Waals surface area contributed by atoms with E-state index in [9.17, 15) is 10.1 Å². The number of nitrogens with zero attached hydrogens (tertiary/aromatic N) is 1. The number of methoxy groups -OCH3 is 2. The zero-order chi connectivity index (χ0) is 18.4. The van der Waals surface area contributed by atoms with E-state index in [1.54, 1.807) is 54.0 Å². The predicted molar refractivity (Wildman–Crippen MR) is 89.8 cm³/mol. The van der Waals surface area contributed by atoms with Crippen molar-refractivity contribution in [2.45, 2.75) is 45.3 Å². The highest BCUT2D eigenvalue weighted by molar-refractivity contribution is 5.67. The summed E-state index contributed by atoms with van der Waals surface area (Å²) in [5.41, 5.74) is 4.36. The standard InChI is InChI=1S/C17H25N3O4/c1-16(2,3)24-15(21)19-20-17(4,11-18)10-12-7-8-13(22-5)14(9-12)23-6/h7-9,20H,10H2,1-6H3,(H,19,21)/t17-/m0/s1. The summed E-state index contributed by atoms with van der Waals surface area (Å²) in [5.74, 6) is 1.19. The number of hydrogen-bond donors (Lipinski definition) is 2. The highest BCUT2D eigenvalue weighted by Gasteiger charge is 2.26. The summed E-state index contributed by atoms with van der Waals surface area (Å²) >= 11 is 0. The summed E-state index contributed by atoms with van der Waals surface area (Å²) in [6.07, 6.45) is -0.295. The molecule has 1 amide bonds. The zero-order valence-electron chi connectivity index (χ0n) is 15.0. The van der Waals surface area contributed by atoms with Crippen molar-refractivity contribution >= 4 is 6.09 Å². The topological polar surface area (TPSA) is 92.6 Å². The lowest BCUT2D eigenvalue weighted by atomic mass is 9.95. The molecule has 0 bridgehead atoms. The average molecular weight is 335 g/mol. The maximum Gasteiger partial charge on any atom is 0.422 e. The first kappa shape index (κ1) is 19.6. The van der Waals surface area contributed by atoms with Crippen LogP contribution in [0.5, 0.6) is 11.5 Å². The van der Waals surface area contributed by atoms with Gasteiger partial charge in [-0.15, -0.1) is 0 Å². The molecular weight excluding hydrogens is 310 g/mol. The number of nitriles is 1. The second-order valence-electron chi connectivity index (χ2n) is 6.56. The maximum atomic E-state index is 11.7. The van der Waals surface area contributed by atoms with Crippen LogP contribution in [0.2, 0.25) is 0 Å². The number of hydrazine groups is 1. The van der Waals surface area contributed by atoms with Crippen molar-refractivity contribution in [3.8, 4) is 17.6 Å². The van der Waals surface area contributed by atoms with Crippen molar-refractivity contribution in [3.05, 3.63) is 23.8 Å². The molecule has 0 aliphatic carbocycles. The van der Waals surface area contributed by atoms with Crippen molar-refractivity contribution in [1.29, 1.82) is 5.26 Å². The van der Waals surface area contributed by atoms with Crippen molar-refractivity contribution in [3.63, 3.8) is 0 Å². The van der Waals surface area contributed by atoms with E-state index in [1.807, 2.05) is 6.07 Å². The molecule has 7 heteroatoms. The Morgan fingerprint density at radius 1 is 1.17 bits per heavy atom. The Labute approximate surface area is 142 Å². The van der Waals surface area contributed by atoms with Crippen LogP contribution in [0.25, 0.3) is 0 Å². The van der Waals surface area contributed by atoms with Crippen molar-refractivity contribution in [2.75, 3.05) is 14.2 Å². The van der Waals surface area contributed by atoms with E-state index in [4.69, 9.17) is 14.2 Å². The van der Waals surface area contributed by atoms with Crippen LogP contribution in [-0.2, 0) is 11.2 Å². The Kier molecular flexibility index (Phi) is 6.43. The third-order valence-electron chi connectivity index (χ3n) is 3.09. The van der Waals surface area contributed by atoms with Gasteiger partial charge in [-0.3, -0.25) is 5.43 Å². The van der Waals surface area contributed by atoms with Gasteiger partial charge >= 0.3 is 6.09 Å². The SMILES string of the molecule is COc1ccc(C[C@@](C)(C#N)NNC(=O)OC(C)(C)C)cc1OC. The first-order chi connectivity index (χ1) is 11.1. The molecule has 0 heterocycles. The number of benzene rings is 1. The molecule has 0 saturated heterocycles. The van der Waals surface area contributed by atoms with E-state index in [0.29, 0.717) is 17.9 Å². The lowest BCUT2D eigenvalue weighted by molar-refractivity contribution is 0.0479. The lowest BCUT2D eigenvalue weighted by Crippen LogP contribution is -2.53. The number of nitrogens with one attached hydrogen (secondary N) is 2. The molecule has 1 aromatic carbocycles. The summed E-state index contributed by atoms with van der Waals surface area (Å²) in [5, 5.41) is 9.46. The van der Waals surface area contributed by atoms with E-state index < -0.39 is 17.2 Å². The summed E-state index contributed by atoms with van der Waals surface area (Å²) < 4.78 is 15.6. The average Bonchev–Trinajstić information content (AvgIpc) is 2.51. The molecule has 0 aliphatic rings. The quantitative estimate of drug-likeness (QED) is 0.776. The fourth-order valence-electron chi connectivity index (χ4n) is 2.00. The molecule has 1 aromatic rings. The van der Waals surface area contributed by atoms with Crippen LogP contribution in [0.4, 0.5) is 4.79 Å². The number of ether oxygens (including phenoxy) is 3.